The smallest absolute Gasteiger partial charge is 0.229 e. The summed E-state index contributed by atoms with van der Waals surface area (Å²) >= 11 is 6.31. The number of halogens is 1. The number of aromatic nitrogens is 2. The Morgan fingerprint density at radius 2 is 1.97 bits per heavy atom. The van der Waals surface area contributed by atoms with Gasteiger partial charge in [0.25, 0.3) is 0 Å². The number of aromatic hydroxyl groups is 1. The zero-order chi connectivity index (χ0) is 21.3. The molecule has 8 heteroatoms. The van der Waals surface area contributed by atoms with Gasteiger partial charge in [0.1, 0.15) is 16.5 Å². The van der Waals surface area contributed by atoms with Crippen molar-refractivity contribution >= 4 is 34.7 Å². The summed E-state index contributed by atoms with van der Waals surface area (Å²) in [5, 5.41) is 16.5. The summed E-state index contributed by atoms with van der Waals surface area (Å²) in [6, 6.07) is 9.24. The Balaban J connectivity index is 1.62. The molecule has 1 aliphatic heterocycles. The largest absolute Gasteiger partial charge is 0.508 e. The molecule has 0 unspecified atom stereocenters. The van der Waals surface area contributed by atoms with Crippen LogP contribution in [0.1, 0.15) is 16.7 Å². The van der Waals surface area contributed by atoms with Crippen molar-refractivity contribution in [3.8, 4) is 11.5 Å². The number of phenols is 1. The lowest BCUT2D eigenvalue weighted by Gasteiger charge is -2.26. The van der Waals surface area contributed by atoms with Gasteiger partial charge in [-0.3, -0.25) is 0 Å². The maximum Gasteiger partial charge on any atom is 0.229 e. The fraction of sp³-hybridized carbons (Fsp3) is 0.273. The number of hydrogen-bond donors (Lipinski definition) is 3. The van der Waals surface area contributed by atoms with E-state index in [2.05, 4.69) is 44.7 Å². The lowest BCUT2D eigenvalue weighted by atomic mass is 9.99. The number of benzene rings is 2. The van der Waals surface area contributed by atoms with Crippen LogP contribution < -0.4 is 15.4 Å². The molecule has 3 N–H and O–H groups in total. The van der Waals surface area contributed by atoms with Crippen LogP contribution in [0.3, 0.4) is 0 Å². The molecule has 0 amide bonds. The average molecular weight is 426 g/mol. The molecule has 2 heterocycles. The maximum atomic E-state index is 9.61. The number of anilines is 4. The number of rotatable bonds is 5. The molecule has 0 radical (unpaired) electrons. The summed E-state index contributed by atoms with van der Waals surface area (Å²) in [5.74, 6) is 1.83. The first-order valence-electron chi connectivity index (χ1n) is 9.67. The number of likely N-dealkylation sites (N-methyl/N-ethyl adjacent to an activating group) is 1. The van der Waals surface area contributed by atoms with Gasteiger partial charge >= 0.3 is 0 Å². The second kappa shape index (κ2) is 8.38. The monoisotopic (exact) mass is 425 g/mol. The summed E-state index contributed by atoms with van der Waals surface area (Å²) in [5.41, 5.74) is 5.05. The lowest BCUT2D eigenvalue weighted by Crippen LogP contribution is -2.26. The van der Waals surface area contributed by atoms with Gasteiger partial charge in [-0.1, -0.05) is 11.6 Å². The van der Waals surface area contributed by atoms with Crippen molar-refractivity contribution in [3.05, 3.63) is 58.2 Å². The summed E-state index contributed by atoms with van der Waals surface area (Å²) in [6.45, 7) is 3.82. The minimum atomic E-state index is 0.208. The molecule has 0 aliphatic carbocycles. The van der Waals surface area contributed by atoms with Crippen LogP contribution in [0.15, 0.2) is 36.5 Å². The molecule has 30 heavy (non-hydrogen) atoms. The van der Waals surface area contributed by atoms with E-state index in [9.17, 15) is 5.11 Å². The Hall–Kier alpha value is -3.03. The Labute approximate surface area is 180 Å². The number of aryl methyl sites for hydroxylation is 1. The van der Waals surface area contributed by atoms with Gasteiger partial charge in [-0.2, -0.15) is 4.98 Å². The topological polar surface area (TPSA) is 82.5 Å². The Bertz CT molecular complexity index is 1090. The highest BCUT2D eigenvalue weighted by atomic mass is 35.5. The maximum absolute atomic E-state index is 9.61. The van der Waals surface area contributed by atoms with Crippen molar-refractivity contribution < 1.29 is 9.84 Å². The summed E-state index contributed by atoms with van der Waals surface area (Å²) in [4.78, 5) is 11.1. The number of phenolic OH excluding ortho intramolecular Hbond substituents is 1. The second-order valence-electron chi connectivity index (χ2n) is 7.45. The third kappa shape index (κ3) is 4.27. The third-order valence-corrected chi connectivity index (χ3v) is 5.46. The molecule has 0 atom stereocenters. The van der Waals surface area contributed by atoms with E-state index in [1.165, 1.54) is 11.1 Å². The van der Waals surface area contributed by atoms with Gasteiger partial charge < -0.3 is 25.4 Å². The van der Waals surface area contributed by atoms with Gasteiger partial charge in [-0.05, 0) is 67.4 Å². The standard InChI is InChI=1S/C22H24ClN5O2/c1-13-8-16(29)4-5-18(13)25-21-17(23)11-24-22(27-21)26-19-9-15-12-28(2)7-6-14(15)10-20(19)30-3/h4-5,8-11,29H,6-7,12H2,1-3H3,(H2,24,25,26,27). The normalized spacial score (nSPS) is 13.6. The van der Waals surface area contributed by atoms with Crippen LogP contribution in [0.5, 0.6) is 11.5 Å². The van der Waals surface area contributed by atoms with Crippen molar-refractivity contribution in [2.24, 2.45) is 0 Å². The Kier molecular flexibility index (Phi) is 5.65. The molecule has 0 saturated heterocycles. The molecule has 1 aromatic heterocycles. The van der Waals surface area contributed by atoms with E-state index >= 15 is 0 Å². The molecule has 156 valence electrons. The predicted molar refractivity (Wildman–Crippen MR) is 119 cm³/mol. The first-order valence-corrected chi connectivity index (χ1v) is 10.1. The van der Waals surface area contributed by atoms with Crippen LogP contribution in [0.2, 0.25) is 5.02 Å². The van der Waals surface area contributed by atoms with Crippen LogP contribution in [0.25, 0.3) is 0 Å². The first-order chi connectivity index (χ1) is 14.4. The van der Waals surface area contributed by atoms with Gasteiger partial charge in [0.2, 0.25) is 5.95 Å². The van der Waals surface area contributed by atoms with E-state index in [-0.39, 0.29) is 5.75 Å². The average Bonchev–Trinajstić information content (AvgIpc) is 2.72. The van der Waals surface area contributed by atoms with Crippen LogP contribution in [-0.4, -0.2) is 40.7 Å². The zero-order valence-corrected chi connectivity index (χ0v) is 17.9. The zero-order valence-electron chi connectivity index (χ0n) is 17.2. The molecular formula is C22H24ClN5O2. The number of nitrogens with one attached hydrogen (secondary N) is 2. The number of ether oxygens (including phenoxy) is 1. The Morgan fingerprint density at radius 3 is 2.73 bits per heavy atom. The van der Waals surface area contributed by atoms with E-state index < -0.39 is 0 Å². The molecule has 3 aromatic rings. The van der Waals surface area contributed by atoms with Gasteiger partial charge in [0.05, 0.1) is 19.0 Å². The van der Waals surface area contributed by atoms with E-state index in [4.69, 9.17) is 16.3 Å². The van der Waals surface area contributed by atoms with Crippen molar-refractivity contribution in [3.63, 3.8) is 0 Å². The lowest BCUT2D eigenvalue weighted by molar-refractivity contribution is 0.312. The molecule has 0 bridgehead atoms. The highest BCUT2D eigenvalue weighted by Gasteiger charge is 2.18. The van der Waals surface area contributed by atoms with Crippen LogP contribution in [-0.2, 0) is 13.0 Å². The van der Waals surface area contributed by atoms with Gasteiger partial charge in [0.15, 0.2) is 5.82 Å². The predicted octanol–water partition coefficient (Wildman–Crippen LogP) is 4.63. The van der Waals surface area contributed by atoms with Gasteiger partial charge in [-0.25, -0.2) is 4.98 Å². The quantitative estimate of drug-likeness (QED) is 0.514. The molecule has 0 fully saturated rings. The first kappa shape index (κ1) is 20.3. The van der Waals surface area contributed by atoms with Crippen molar-refractivity contribution in [1.29, 1.82) is 0 Å². The fourth-order valence-corrected chi connectivity index (χ4v) is 3.68. The highest BCUT2D eigenvalue weighted by Crippen LogP contribution is 2.34. The van der Waals surface area contributed by atoms with Crippen LogP contribution in [0, 0.1) is 6.92 Å². The van der Waals surface area contributed by atoms with E-state index in [1.807, 2.05) is 6.92 Å². The number of methoxy groups -OCH3 is 1. The minimum absolute atomic E-state index is 0.208. The molecule has 0 saturated carbocycles. The highest BCUT2D eigenvalue weighted by molar-refractivity contribution is 6.32. The van der Waals surface area contributed by atoms with E-state index in [0.717, 1.165) is 42.2 Å². The molecule has 2 aromatic carbocycles. The SMILES string of the molecule is COc1cc2c(cc1Nc1ncc(Cl)c(Nc3ccc(O)cc3C)n1)CN(C)CC2. The van der Waals surface area contributed by atoms with Crippen LogP contribution >= 0.6 is 11.6 Å². The van der Waals surface area contributed by atoms with Gasteiger partial charge in [0, 0.05) is 18.8 Å². The fourth-order valence-electron chi connectivity index (χ4n) is 3.55. The minimum Gasteiger partial charge on any atom is -0.508 e. The number of hydrogen-bond acceptors (Lipinski definition) is 7. The van der Waals surface area contributed by atoms with Crippen LogP contribution in [0.4, 0.5) is 23.1 Å². The summed E-state index contributed by atoms with van der Waals surface area (Å²) < 4.78 is 5.59. The second-order valence-corrected chi connectivity index (χ2v) is 7.86. The van der Waals surface area contributed by atoms with E-state index in [1.54, 1.807) is 31.5 Å². The molecule has 4 rings (SSSR count). The molecule has 0 spiro atoms. The third-order valence-electron chi connectivity index (χ3n) is 5.18. The van der Waals surface area contributed by atoms with Gasteiger partial charge in [-0.15, -0.1) is 0 Å². The number of nitrogens with zero attached hydrogens (tertiary/aromatic N) is 3. The number of fused-ring (bicyclic) bond motifs is 1. The van der Waals surface area contributed by atoms with Crippen molar-refractivity contribution in [2.45, 2.75) is 19.9 Å². The molecule has 1 aliphatic rings. The van der Waals surface area contributed by atoms with E-state index in [0.29, 0.717) is 16.8 Å². The molecule has 7 nitrogen and oxygen atoms in total. The summed E-state index contributed by atoms with van der Waals surface area (Å²) in [7, 11) is 3.77. The summed E-state index contributed by atoms with van der Waals surface area (Å²) in [6.07, 6.45) is 2.55. The van der Waals surface area contributed by atoms with Crippen molar-refractivity contribution in [2.75, 3.05) is 31.3 Å². The molecular weight excluding hydrogens is 402 g/mol. The Morgan fingerprint density at radius 1 is 1.13 bits per heavy atom. The van der Waals surface area contributed by atoms with Crippen molar-refractivity contribution in [1.82, 2.24) is 14.9 Å².